The molecule has 1 heterocycles. The lowest BCUT2D eigenvalue weighted by molar-refractivity contribution is -0.148. The summed E-state index contributed by atoms with van der Waals surface area (Å²) in [5.74, 6) is 0.556. The Morgan fingerprint density at radius 1 is 1.29 bits per heavy atom. The molecule has 0 aromatic rings. The zero-order valence-corrected chi connectivity index (χ0v) is 13.5. The van der Waals surface area contributed by atoms with Gasteiger partial charge >= 0.3 is 5.97 Å². The maximum Gasteiger partial charge on any atom is 0.306 e. The lowest BCUT2D eigenvalue weighted by Gasteiger charge is -2.51. The molecule has 21 heavy (non-hydrogen) atoms. The summed E-state index contributed by atoms with van der Waals surface area (Å²) < 4.78 is 0. The topological polar surface area (TPSA) is 37.3 Å². The Balaban J connectivity index is 1.81. The van der Waals surface area contributed by atoms with E-state index in [1.54, 1.807) is 0 Å². The van der Waals surface area contributed by atoms with Crippen LogP contribution in [0, 0.1) is 28.6 Å². The maximum atomic E-state index is 11.7. The van der Waals surface area contributed by atoms with E-state index in [-0.39, 0.29) is 11.3 Å². The van der Waals surface area contributed by atoms with Crippen molar-refractivity contribution in [2.75, 3.05) is 0 Å². The number of hydrogen-bond acceptors (Lipinski definition) is 1. The molecule has 3 aliphatic rings. The predicted octanol–water partition coefficient (Wildman–Crippen LogP) is 4.41. The molecule has 0 amide bonds. The molecule has 0 spiro atoms. The van der Waals surface area contributed by atoms with E-state index >= 15 is 0 Å². The van der Waals surface area contributed by atoms with Crippen molar-refractivity contribution in [2.45, 2.75) is 65.0 Å². The van der Waals surface area contributed by atoms with Crippen molar-refractivity contribution in [2.24, 2.45) is 28.6 Å². The van der Waals surface area contributed by atoms with Gasteiger partial charge in [-0.2, -0.15) is 0 Å². The number of aliphatic carboxylic acids is 1. The van der Waals surface area contributed by atoms with E-state index < -0.39 is 5.97 Å². The smallest absolute Gasteiger partial charge is 0.306 e. The zero-order chi connectivity index (χ0) is 15.3. The second-order valence-corrected chi connectivity index (χ2v) is 8.19. The van der Waals surface area contributed by atoms with Gasteiger partial charge in [0.1, 0.15) is 7.28 Å². The lowest BCUT2D eigenvalue weighted by atomic mass is 9.46. The SMILES string of the molecule is C=C1CCC2CC(C3(C)CC[B]CC3C(=O)O)CCC12C. The lowest BCUT2D eigenvalue weighted by Crippen LogP contribution is -2.46. The van der Waals surface area contributed by atoms with Crippen LogP contribution in [0.2, 0.25) is 12.6 Å². The zero-order valence-electron chi connectivity index (χ0n) is 13.5. The molecule has 3 rings (SSSR count). The average molecular weight is 287 g/mol. The first-order valence-corrected chi connectivity index (χ1v) is 8.60. The maximum absolute atomic E-state index is 11.7. The first-order valence-electron chi connectivity index (χ1n) is 8.60. The van der Waals surface area contributed by atoms with Crippen LogP contribution in [-0.4, -0.2) is 18.4 Å². The Morgan fingerprint density at radius 2 is 2.05 bits per heavy atom. The molecule has 2 saturated carbocycles. The van der Waals surface area contributed by atoms with Gasteiger partial charge in [-0.25, -0.2) is 0 Å². The van der Waals surface area contributed by atoms with Crippen molar-refractivity contribution in [3.63, 3.8) is 0 Å². The highest BCUT2D eigenvalue weighted by Gasteiger charge is 2.52. The molecular formula is C18H28BO2. The number of hydrogen-bond donors (Lipinski definition) is 1. The van der Waals surface area contributed by atoms with Gasteiger partial charge in [-0.3, -0.25) is 4.79 Å². The molecule has 0 bridgehead atoms. The standard InChI is InChI=1S/C18H28BO2/c1-12-4-5-13-10-14(6-7-17(12,13)2)18(3)8-9-19-11-15(18)16(20)21/h13-15H,1,4-11H2,2-3H3,(H,20,21). The summed E-state index contributed by atoms with van der Waals surface area (Å²) >= 11 is 0. The molecule has 115 valence electrons. The molecule has 5 unspecified atom stereocenters. The van der Waals surface area contributed by atoms with Gasteiger partial charge in [0.05, 0.1) is 5.92 Å². The van der Waals surface area contributed by atoms with E-state index in [1.165, 1.54) is 37.7 Å². The first-order chi connectivity index (χ1) is 9.88. The van der Waals surface area contributed by atoms with Crippen LogP contribution in [0.4, 0.5) is 0 Å². The molecule has 1 N–H and O–H groups in total. The molecule has 5 atom stereocenters. The molecule has 2 aliphatic carbocycles. The second kappa shape index (κ2) is 5.17. The number of rotatable bonds is 2. The number of carboxylic acids is 1. The van der Waals surface area contributed by atoms with Crippen LogP contribution < -0.4 is 0 Å². The summed E-state index contributed by atoms with van der Waals surface area (Å²) in [6.07, 6.45) is 8.98. The van der Waals surface area contributed by atoms with Gasteiger partial charge < -0.3 is 5.11 Å². The number of allylic oxidation sites excluding steroid dienone is 1. The van der Waals surface area contributed by atoms with Crippen molar-refractivity contribution in [1.29, 1.82) is 0 Å². The fourth-order valence-corrected chi connectivity index (χ4v) is 5.55. The van der Waals surface area contributed by atoms with Gasteiger partial charge in [-0.05, 0) is 54.8 Å². The molecule has 1 radical (unpaired) electrons. The second-order valence-electron chi connectivity index (χ2n) is 8.19. The van der Waals surface area contributed by atoms with Crippen LogP contribution in [0.25, 0.3) is 0 Å². The van der Waals surface area contributed by atoms with Crippen molar-refractivity contribution in [3.05, 3.63) is 12.2 Å². The van der Waals surface area contributed by atoms with Crippen molar-refractivity contribution >= 4 is 13.2 Å². The summed E-state index contributed by atoms with van der Waals surface area (Å²) in [5.41, 5.74) is 1.78. The largest absolute Gasteiger partial charge is 0.481 e. The number of carboxylic acid groups (broad SMARTS) is 1. The van der Waals surface area contributed by atoms with E-state index in [2.05, 4.69) is 27.7 Å². The molecule has 2 nitrogen and oxygen atoms in total. The number of fused-ring (bicyclic) bond motifs is 1. The van der Waals surface area contributed by atoms with E-state index in [0.717, 1.165) is 25.0 Å². The molecule has 0 aromatic carbocycles. The van der Waals surface area contributed by atoms with Crippen LogP contribution in [0.3, 0.4) is 0 Å². The van der Waals surface area contributed by atoms with E-state index in [4.69, 9.17) is 0 Å². The highest BCUT2D eigenvalue weighted by molar-refractivity contribution is 6.36. The molecular weight excluding hydrogens is 259 g/mol. The van der Waals surface area contributed by atoms with Crippen LogP contribution in [0.15, 0.2) is 12.2 Å². The van der Waals surface area contributed by atoms with Crippen molar-refractivity contribution < 1.29 is 9.90 Å². The minimum absolute atomic E-state index is 0.00810. The Kier molecular flexibility index (Phi) is 3.74. The summed E-state index contributed by atoms with van der Waals surface area (Å²) in [6, 6.07) is 0. The molecule has 3 heteroatoms. The Hall–Kier alpha value is -0.725. The van der Waals surface area contributed by atoms with Crippen LogP contribution in [0.5, 0.6) is 0 Å². The summed E-state index contributed by atoms with van der Waals surface area (Å²) in [5, 5.41) is 9.65. The fourth-order valence-electron chi connectivity index (χ4n) is 5.55. The third-order valence-electron chi connectivity index (χ3n) is 7.40. The third-order valence-corrected chi connectivity index (χ3v) is 7.40. The van der Waals surface area contributed by atoms with Gasteiger partial charge in [-0.1, -0.05) is 45.1 Å². The van der Waals surface area contributed by atoms with Gasteiger partial charge in [0.25, 0.3) is 0 Å². The van der Waals surface area contributed by atoms with Crippen LogP contribution in [0.1, 0.15) is 52.4 Å². The van der Waals surface area contributed by atoms with Gasteiger partial charge in [0.2, 0.25) is 0 Å². The molecule has 3 fully saturated rings. The molecule has 1 aliphatic heterocycles. The van der Waals surface area contributed by atoms with Gasteiger partial charge in [0, 0.05) is 0 Å². The van der Waals surface area contributed by atoms with Crippen molar-refractivity contribution in [3.8, 4) is 0 Å². The summed E-state index contributed by atoms with van der Waals surface area (Å²) in [7, 11) is 2.19. The fraction of sp³-hybridized carbons (Fsp3) is 0.833. The van der Waals surface area contributed by atoms with Crippen LogP contribution in [-0.2, 0) is 4.79 Å². The van der Waals surface area contributed by atoms with Gasteiger partial charge in [-0.15, -0.1) is 0 Å². The molecule has 1 saturated heterocycles. The normalized spacial score (nSPS) is 46.8. The van der Waals surface area contributed by atoms with Gasteiger partial charge in [0.15, 0.2) is 0 Å². The minimum atomic E-state index is -0.586. The van der Waals surface area contributed by atoms with E-state index in [0.29, 0.717) is 11.3 Å². The summed E-state index contributed by atoms with van der Waals surface area (Å²) in [6.45, 7) is 8.97. The number of carbonyl (C=O) groups is 1. The highest BCUT2D eigenvalue weighted by Crippen LogP contribution is 2.60. The Labute approximate surface area is 129 Å². The quantitative estimate of drug-likeness (QED) is 0.603. The summed E-state index contributed by atoms with van der Waals surface area (Å²) in [4.78, 5) is 11.7. The Bertz CT molecular complexity index is 460. The predicted molar refractivity (Wildman–Crippen MR) is 86.5 cm³/mol. The first kappa shape index (κ1) is 15.2. The van der Waals surface area contributed by atoms with Crippen molar-refractivity contribution in [1.82, 2.24) is 0 Å². The minimum Gasteiger partial charge on any atom is -0.481 e. The third kappa shape index (κ3) is 2.28. The highest BCUT2D eigenvalue weighted by atomic mass is 16.4. The van der Waals surface area contributed by atoms with Crippen LogP contribution >= 0.6 is 0 Å². The van der Waals surface area contributed by atoms with E-state index in [9.17, 15) is 9.90 Å². The molecule has 0 aromatic heterocycles. The average Bonchev–Trinajstić information content (AvgIpc) is 2.74. The Morgan fingerprint density at radius 3 is 2.76 bits per heavy atom. The van der Waals surface area contributed by atoms with E-state index in [1.807, 2.05) is 0 Å². The monoisotopic (exact) mass is 287 g/mol.